The van der Waals surface area contributed by atoms with Crippen LogP contribution < -0.4 is 5.43 Å². The number of phenols is 1. The molecule has 0 spiro atoms. The van der Waals surface area contributed by atoms with Crippen molar-refractivity contribution in [2.24, 2.45) is 22.9 Å². The van der Waals surface area contributed by atoms with Gasteiger partial charge in [0, 0.05) is 23.1 Å². The van der Waals surface area contributed by atoms with Crippen molar-refractivity contribution in [1.82, 2.24) is 5.43 Å². The normalized spacial score (nSPS) is 35.5. The molecule has 0 radical (unpaired) electrons. The number of hydrogen-bond acceptors (Lipinski definition) is 4. The molecule has 4 saturated carbocycles. The number of carbonyl (C=O) groups is 1. The van der Waals surface area contributed by atoms with Crippen LogP contribution in [0.3, 0.4) is 0 Å². The quantitative estimate of drug-likeness (QED) is 0.731. The first-order valence-corrected chi connectivity index (χ1v) is 7.92. The Morgan fingerprint density at radius 2 is 1.95 bits per heavy atom. The van der Waals surface area contributed by atoms with Gasteiger partial charge in [0.1, 0.15) is 5.75 Å². The number of hydrazone groups is 1. The highest BCUT2D eigenvalue weighted by Crippen LogP contribution is 2.54. The van der Waals surface area contributed by atoms with E-state index in [0.29, 0.717) is 23.3 Å². The topological polar surface area (TPSA) is 81.9 Å². The maximum absolute atomic E-state index is 12.1. The molecule has 0 saturated heterocycles. The highest BCUT2D eigenvalue weighted by atomic mass is 16.3. The summed E-state index contributed by atoms with van der Waals surface area (Å²) in [6, 6.07) is 6.24. The first kappa shape index (κ1) is 13.8. The maximum Gasteiger partial charge on any atom is 0.271 e. The smallest absolute Gasteiger partial charge is 0.271 e. The average molecular weight is 300 g/mol. The zero-order valence-electron chi connectivity index (χ0n) is 12.3. The third-order valence-corrected chi connectivity index (χ3v) is 5.39. The molecule has 1 aromatic carbocycles. The van der Waals surface area contributed by atoms with Crippen LogP contribution in [0.5, 0.6) is 5.75 Å². The lowest BCUT2D eigenvalue weighted by Crippen LogP contribution is -2.55. The molecule has 116 valence electrons. The Morgan fingerprint density at radius 1 is 1.23 bits per heavy atom. The molecule has 1 amide bonds. The summed E-state index contributed by atoms with van der Waals surface area (Å²) in [4.78, 5) is 12.1. The van der Waals surface area contributed by atoms with E-state index in [1.807, 2.05) is 0 Å². The van der Waals surface area contributed by atoms with Crippen LogP contribution in [-0.4, -0.2) is 27.4 Å². The van der Waals surface area contributed by atoms with E-state index in [0.717, 1.165) is 37.8 Å². The third-order valence-electron chi connectivity index (χ3n) is 5.39. The number of aromatic hydroxyl groups is 1. The number of hydrogen-bond donors (Lipinski definition) is 3. The van der Waals surface area contributed by atoms with Crippen LogP contribution in [0, 0.1) is 17.8 Å². The van der Waals surface area contributed by atoms with Gasteiger partial charge in [0.15, 0.2) is 0 Å². The summed E-state index contributed by atoms with van der Waals surface area (Å²) in [6.07, 6.45) is 4.66. The third kappa shape index (κ3) is 2.29. The van der Waals surface area contributed by atoms with E-state index in [1.54, 1.807) is 12.1 Å². The number of amides is 1. The van der Waals surface area contributed by atoms with Crippen molar-refractivity contribution >= 4 is 11.6 Å². The Kier molecular flexibility index (Phi) is 3.01. The molecule has 0 aliphatic heterocycles. The molecular formula is C17H20N2O3. The molecule has 0 unspecified atom stereocenters. The molecule has 22 heavy (non-hydrogen) atoms. The fraction of sp³-hybridized carbons (Fsp3) is 0.529. The van der Waals surface area contributed by atoms with Crippen LogP contribution in [0.2, 0.25) is 0 Å². The highest BCUT2D eigenvalue weighted by molar-refractivity contribution is 5.97. The SMILES string of the molecule is O=C(NN=C1[C@H]2CC3C[C@H]1CC(O)(C3)C2)c1cccc(O)c1. The second-order valence-corrected chi connectivity index (χ2v) is 7.10. The Balaban J connectivity index is 1.51. The highest BCUT2D eigenvalue weighted by Gasteiger charge is 2.53. The zero-order valence-corrected chi connectivity index (χ0v) is 12.3. The molecule has 0 heterocycles. The molecular weight excluding hydrogens is 280 g/mol. The van der Waals surface area contributed by atoms with E-state index in [2.05, 4.69) is 10.5 Å². The summed E-state index contributed by atoms with van der Waals surface area (Å²) in [5.74, 6) is 0.984. The van der Waals surface area contributed by atoms with Gasteiger partial charge in [0.2, 0.25) is 0 Å². The molecule has 0 aromatic heterocycles. The molecule has 5 rings (SSSR count). The summed E-state index contributed by atoms with van der Waals surface area (Å²) >= 11 is 0. The van der Waals surface area contributed by atoms with E-state index in [1.165, 1.54) is 12.1 Å². The van der Waals surface area contributed by atoms with Crippen molar-refractivity contribution in [3.8, 4) is 5.75 Å². The summed E-state index contributed by atoms with van der Waals surface area (Å²) in [5, 5.41) is 24.3. The summed E-state index contributed by atoms with van der Waals surface area (Å²) < 4.78 is 0. The molecule has 4 fully saturated rings. The van der Waals surface area contributed by atoms with Crippen LogP contribution in [0.15, 0.2) is 29.4 Å². The number of carbonyl (C=O) groups excluding carboxylic acids is 1. The molecule has 1 aromatic rings. The van der Waals surface area contributed by atoms with Crippen molar-refractivity contribution < 1.29 is 15.0 Å². The van der Waals surface area contributed by atoms with Crippen LogP contribution >= 0.6 is 0 Å². The van der Waals surface area contributed by atoms with Crippen LogP contribution in [0.4, 0.5) is 0 Å². The Hall–Kier alpha value is -1.88. The number of nitrogens with one attached hydrogen (secondary N) is 1. The second kappa shape index (κ2) is 4.81. The van der Waals surface area contributed by atoms with Gasteiger partial charge in [-0.3, -0.25) is 4.79 Å². The van der Waals surface area contributed by atoms with Gasteiger partial charge >= 0.3 is 0 Å². The summed E-state index contributed by atoms with van der Waals surface area (Å²) in [5.41, 5.74) is 3.57. The number of aliphatic hydroxyl groups is 1. The molecule has 4 aliphatic rings. The second-order valence-electron chi connectivity index (χ2n) is 7.10. The van der Waals surface area contributed by atoms with Gasteiger partial charge in [0.05, 0.1) is 5.60 Å². The van der Waals surface area contributed by atoms with Crippen LogP contribution in [0.25, 0.3) is 0 Å². The number of nitrogens with zero attached hydrogens (tertiary/aromatic N) is 1. The number of phenolic OH excluding ortho intramolecular Hbond substituents is 1. The van der Waals surface area contributed by atoms with Gasteiger partial charge in [-0.1, -0.05) is 6.07 Å². The monoisotopic (exact) mass is 300 g/mol. The molecule has 5 heteroatoms. The van der Waals surface area contributed by atoms with Crippen molar-refractivity contribution in [2.45, 2.75) is 37.7 Å². The fourth-order valence-corrected chi connectivity index (χ4v) is 4.73. The van der Waals surface area contributed by atoms with Gasteiger partial charge in [-0.25, -0.2) is 5.43 Å². The van der Waals surface area contributed by atoms with E-state index in [4.69, 9.17) is 0 Å². The fourth-order valence-electron chi connectivity index (χ4n) is 4.73. The van der Waals surface area contributed by atoms with Crippen LogP contribution in [-0.2, 0) is 0 Å². The molecule has 5 nitrogen and oxygen atoms in total. The maximum atomic E-state index is 12.1. The zero-order chi connectivity index (χ0) is 15.3. The minimum absolute atomic E-state index is 0.0668. The standard InChI is InChI=1S/C17H20N2O3/c20-14-3-1-2-11(6-14)16(21)19-18-15-12-4-10-5-13(15)9-17(22,7-10)8-12/h1-3,6,10,12-13,20,22H,4-5,7-9H2,(H,19,21)/t10?,12-,13-,17?/m0/s1. The van der Waals surface area contributed by atoms with Crippen molar-refractivity contribution in [2.75, 3.05) is 0 Å². The number of benzene rings is 1. The minimum atomic E-state index is -0.495. The van der Waals surface area contributed by atoms with E-state index in [9.17, 15) is 15.0 Å². The van der Waals surface area contributed by atoms with Crippen molar-refractivity contribution in [1.29, 1.82) is 0 Å². The van der Waals surface area contributed by atoms with Crippen molar-refractivity contribution in [3.63, 3.8) is 0 Å². The molecule has 3 N–H and O–H groups in total. The predicted molar refractivity (Wildman–Crippen MR) is 81.5 cm³/mol. The predicted octanol–water partition coefficient (Wildman–Crippen LogP) is 2.05. The lowest BCUT2D eigenvalue weighted by Gasteiger charge is -2.54. The first-order valence-electron chi connectivity index (χ1n) is 7.92. The lowest BCUT2D eigenvalue weighted by molar-refractivity contribution is -0.0825. The van der Waals surface area contributed by atoms with Gasteiger partial charge in [-0.2, -0.15) is 5.10 Å². The lowest BCUT2D eigenvalue weighted by atomic mass is 9.53. The largest absolute Gasteiger partial charge is 0.508 e. The Labute approximate surface area is 129 Å². The number of rotatable bonds is 2. The Morgan fingerprint density at radius 3 is 2.59 bits per heavy atom. The van der Waals surface area contributed by atoms with E-state index >= 15 is 0 Å². The summed E-state index contributed by atoms with van der Waals surface area (Å²) in [6.45, 7) is 0. The first-order chi connectivity index (χ1) is 10.5. The van der Waals surface area contributed by atoms with Gasteiger partial charge < -0.3 is 10.2 Å². The van der Waals surface area contributed by atoms with Crippen molar-refractivity contribution in [3.05, 3.63) is 29.8 Å². The molecule has 4 bridgehead atoms. The molecule has 4 aliphatic carbocycles. The average Bonchev–Trinajstić information content (AvgIpc) is 2.44. The van der Waals surface area contributed by atoms with Gasteiger partial charge in [-0.15, -0.1) is 0 Å². The molecule has 2 atom stereocenters. The van der Waals surface area contributed by atoms with Gasteiger partial charge in [0.25, 0.3) is 5.91 Å². The summed E-state index contributed by atoms with van der Waals surface area (Å²) in [7, 11) is 0. The Bertz CT molecular complexity index is 637. The van der Waals surface area contributed by atoms with Crippen LogP contribution in [0.1, 0.15) is 42.5 Å². The minimum Gasteiger partial charge on any atom is -0.508 e. The van der Waals surface area contributed by atoms with E-state index in [-0.39, 0.29) is 11.7 Å². The van der Waals surface area contributed by atoms with E-state index < -0.39 is 5.60 Å². The van der Waals surface area contributed by atoms with Gasteiger partial charge in [-0.05, 0) is 56.2 Å².